The first-order chi connectivity index (χ1) is 9.44. The number of amides is 1. The molecule has 1 aliphatic carbocycles. The summed E-state index contributed by atoms with van der Waals surface area (Å²) in [5, 5.41) is 0. The molecule has 0 unspecified atom stereocenters. The van der Waals surface area contributed by atoms with Crippen LogP contribution in [0.3, 0.4) is 0 Å². The zero-order valence-electron chi connectivity index (χ0n) is 10.8. The number of hydrogen-bond donors (Lipinski definition) is 2. The second-order valence-electron chi connectivity index (χ2n) is 5.37. The Hall–Kier alpha value is -1.98. The standard InChI is InChI=1S/C14H15F2N3O/c15-14(16)5-1-2-9(7-14)13-18-10-4-3-8(12(17)20)6-11(10)19-13/h3-4,6,9H,1-2,5,7H2,(H2,17,20)(H,18,19)/t9-/m0/s1. The topological polar surface area (TPSA) is 71.8 Å². The van der Waals surface area contributed by atoms with Gasteiger partial charge in [0.2, 0.25) is 11.8 Å². The first-order valence-electron chi connectivity index (χ1n) is 6.62. The molecule has 2 aromatic rings. The highest BCUT2D eigenvalue weighted by atomic mass is 19.3. The van der Waals surface area contributed by atoms with E-state index < -0.39 is 11.8 Å². The Morgan fingerprint density at radius 2 is 2.25 bits per heavy atom. The molecule has 3 N–H and O–H groups in total. The van der Waals surface area contributed by atoms with Gasteiger partial charge < -0.3 is 10.7 Å². The van der Waals surface area contributed by atoms with Gasteiger partial charge in [0.15, 0.2) is 0 Å². The molecule has 20 heavy (non-hydrogen) atoms. The lowest BCUT2D eigenvalue weighted by Crippen LogP contribution is -2.25. The first kappa shape index (κ1) is 13.0. The molecule has 1 atom stereocenters. The van der Waals surface area contributed by atoms with Crippen molar-refractivity contribution in [1.29, 1.82) is 0 Å². The third-order valence-corrected chi connectivity index (χ3v) is 3.81. The van der Waals surface area contributed by atoms with Crippen LogP contribution in [0.15, 0.2) is 18.2 Å². The maximum Gasteiger partial charge on any atom is 0.248 e. The van der Waals surface area contributed by atoms with E-state index in [0.717, 1.165) is 0 Å². The molecule has 0 bridgehead atoms. The highest BCUT2D eigenvalue weighted by Gasteiger charge is 2.37. The fraction of sp³-hybridized carbons (Fsp3) is 0.429. The first-order valence-corrected chi connectivity index (χ1v) is 6.62. The monoisotopic (exact) mass is 279 g/mol. The molecule has 1 aromatic carbocycles. The van der Waals surface area contributed by atoms with Crippen LogP contribution in [-0.2, 0) is 0 Å². The van der Waals surface area contributed by atoms with E-state index in [-0.39, 0.29) is 18.8 Å². The lowest BCUT2D eigenvalue weighted by molar-refractivity contribution is -0.0416. The van der Waals surface area contributed by atoms with Gasteiger partial charge in [0.05, 0.1) is 11.0 Å². The number of aromatic nitrogens is 2. The number of nitrogens with one attached hydrogen (secondary N) is 1. The minimum absolute atomic E-state index is 0.0461. The SMILES string of the molecule is NC(=O)c1ccc2nc([C@H]3CCCC(F)(F)C3)[nH]c2c1. The lowest BCUT2D eigenvalue weighted by Gasteiger charge is -2.27. The van der Waals surface area contributed by atoms with Crippen LogP contribution < -0.4 is 5.73 Å². The zero-order valence-corrected chi connectivity index (χ0v) is 10.8. The van der Waals surface area contributed by atoms with Crippen molar-refractivity contribution in [2.45, 2.75) is 37.5 Å². The van der Waals surface area contributed by atoms with Gasteiger partial charge in [-0.1, -0.05) is 0 Å². The van der Waals surface area contributed by atoms with E-state index in [0.29, 0.717) is 35.3 Å². The number of benzene rings is 1. The maximum absolute atomic E-state index is 13.5. The highest BCUT2D eigenvalue weighted by molar-refractivity contribution is 5.96. The van der Waals surface area contributed by atoms with Gasteiger partial charge in [-0.25, -0.2) is 13.8 Å². The van der Waals surface area contributed by atoms with Gasteiger partial charge in [0.1, 0.15) is 5.82 Å². The van der Waals surface area contributed by atoms with Crippen molar-refractivity contribution >= 4 is 16.9 Å². The summed E-state index contributed by atoms with van der Waals surface area (Å²) in [6, 6.07) is 4.87. The van der Waals surface area contributed by atoms with Crippen LogP contribution in [0.25, 0.3) is 11.0 Å². The second-order valence-corrected chi connectivity index (χ2v) is 5.37. The average molecular weight is 279 g/mol. The summed E-state index contributed by atoms with van der Waals surface area (Å²) in [7, 11) is 0. The minimum atomic E-state index is -2.61. The Morgan fingerprint density at radius 3 is 2.95 bits per heavy atom. The van der Waals surface area contributed by atoms with E-state index in [9.17, 15) is 13.6 Å². The van der Waals surface area contributed by atoms with Gasteiger partial charge in [-0.15, -0.1) is 0 Å². The summed E-state index contributed by atoms with van der Waals surface area (Å²) in [6.45, 7) is 0. The number of fused-ring (bicyclic) bond motifs is 1. The molecule has 0 spiro atoms. The van der Waals surface area contributed by atoms with E-state index >= 15 is 0 Å². The van der Waals surface area contributed by atoms with Gasteiger partial charge in [-0.2, -0.15) is 0 Å². The number of imidazole rings is 1. The average Bonchev–Trinajstić information content (AvgIpc) is 2.80. The summed E-state index contributed by atoms with van der Waals surface area (Å²) in [4.78, 5) is 18.5. The van der Waals surface area contributed by atoms with E-state index in [1.807, 2.05) is 0 Å². The highest BCUT2D eigenvalue weighted by Crippen LogP contribution is 2.41. The molecule has 1 saturated carbocycles. The smallest absolute Gasteiger partial charge is 0.248 e. The van der Waals surface area contributed by atoms with Crippen molar-refractivity contribution in [3.05, 3.63) is 29.6 Å². The van der Waals surface area contributed by atoms with Crippen LogP contribution in [-0.4, -0.2) is 21.8 Å². The third kappa shape index (κ3) is 2.37. The van der Waals surface area contributed by atoms with Crippen molar-refractivity contribution < 1.29 is 13.6 Å². The molecule has 6 heteroatoms. The van der Waals surface area contributed by atoms with Crippen molar-refractivity contribution in [2.24, 2.45) is 5.73 Å². The second kappa shape index (κ2) is 4.54. The Kier molecular flexibility index (Phi) is 2.96. The number of hydrogen-bond acceptors (Lipinski definition) is 2. The summed E-state index contributed by atoms with van der Waals surface area (Å²) in [6.07, 6.45) is 0.990. The van der Waals surface area contributed by atoms with Crippen LogP contribution in [0, 0.1) is 0 Å². The minimum Gasteiger partial charge on any atom is -0.366 e. The summed E-state index contributed by atoms with van der Waals surface area (Å²) < 4.78 is 26.9. The number of H-pyrrole nitrogens is 1. The number of aromatic amines is 1. The quantitative estimate of drug-likeness (QED) is 0.887. The van der Waals surface area contributed by atoms with Crippen molar-refractivity contribution in [3.63, 3.8) is 0 Å². The molecule has 1 aliphatic rings. The molecule has 1 aromatic heterocycles. The summed E-state index contributed by atoms with van der Waals surface area (Å²) in [5.74, 6) is -2.82. The maximum atomic E-state index is 13.5. The number of alkyl halides is 2. The van der Waals surface area contributed by atoms with Gasteiger partial charge in [0.25, 0.3) is 0 Å². The molecule has 1 amide bonds. The normalized spacial score (nSPS) is 22.0. The number of carbonyl (C=O) groups is 1. The molecule has 0 aliphatic heterocycles. The number of halogens is 2. The summed E-state index contributed by atoms with van der Waals surface area (Å²) >= 11 is 0. The van der Waals surface area contributed by atoms with Crippen molar-refractivity contribution in [3.8, 4) is 0 Å². The number of nitrogens with zero attached hydrogens (tertiary/aromatic N) is 1. The molecular weight excluding hydrogens is 264 g/mol. The van der Waals surface area contributed by atoms with E-state index in [4.69, 9.17) is 5.73 Å². The zero-order chi connectivity index (χ0) is 14.3. The van der Waals surface area contributed by atoms with Crippen molar-refractivity contribution in [1.82, 2.24) is 9.97 Å². The molecule has 0 saturated heterocycles. The summed E-state index contributed by atoms with van der Waals surface area (Å²) in [5.41, 5.74) is 6.92. The van der Waals surface area contributed by atoms with E-state index in [2.05, 4.69) is 9.97 Å². The number of carbonyl (C=O) groups excluding carboxylic acids is 1. The molecule has 4 nitrogen and oxygen atoms in total. The van der Waals surface area contributed by atoms with Crippen LogP contribution in [0.4, 0.5) is 8.78 Å². The Bertz CT molecular complexity index is 665. The Labute approximate surface area is 114 Å². The van der Waals surface area contributed by atoms with Crippen LogP contribution in [0.5, 0.6) is 0 Å². The van der Waals surface area contributed by atoms with E-state index in [1.54, 1.807) is 18.2 Å². The molecule has 106 valence electrons. The molecule has 1 heterocycles. The van der Waals surface area contributed by atoms with Crippen LogP contribution >= 0.6 is 0 Å². The molecule has 1 fully saturated rings. The Morgan fingerprint density at radius 1 is 1.45 bits per heavy atom. The van der Waals surface area contributed by atoms with Gasteiger partial charge in [-0.05, 0) is 31.0 Å². The fourth-order valence-corrected chi connectivity index (χ4v) is 2.78. The largest absolute Gasteiger partial charge is 0.366 e. The van der Waals surface area contributed by atoms with Crippen LogP contribution in [0.2, 0.25) is 0 Å². The predicted molar refractivity (Wildman–Crippen MR) is 70.8 cm³/mol. The van der Waals surface area contributed by atoms with Crippen LogP contribution in [0.1, 0.15) is 47.8 Å². The number of primary amides is 1. The third-order valence-electron chi connectivity index (χ3n) is 3.81. The number of nitrogens with two attached hydrogens (primary N) is 1. The molecule has 3 rings (SSSR count). The molecule has 0 radical (unpaired) electrons. The number of rotatable bonds is 2. The van der Waals surface area contributed by atoms with Gasteiger partial charge in [0, 0.05) is 24.3 Å². The lowest BCUT2D eigenvalue weighted by atomic mass is 9.86. The molecular formula is C14H15F2N3O. The van der Waals surface area contributed by atoms with E-state index in [1.165, 1.54) is 0 Å². The van der Waals surface area contributed by atoms with Gasteiger partial charge in [-0.3, -0.25) is 4.79 Å². The van der Waals surface area contributed by atoms with Gasteiger partial charge >= 0.3 is 0 Å². The predicted octanol–water partition coefficient (Wildman–Crippen LogP) is 2.95. The fourth-order valence-electron chi connectivity index (χ4n) is 2.78. The Balaban J connectivity index is 1.94. The van der Waals surface area contributed by atoms with Crippen molar-refractivity contribution in [2.75, 3.05) is 0 Å².